The Morgan fingerprint density at radius 2 is 2.03 bits per heavy atom. The summed E-state index contributed by atoms with van der Waals surface area (Å²) in [7, 11) is 0. The highest BCUT2D eigenvalue weighted by molar-refractivity contribution is 7.15. The van der Waals surface area contributed by atoms with Crippen LogP contribution < -0.4 is 5.32 Å². The Bertz CT molecular complexity index is 926. The summed E-state index contributed by atoms with van der Waals surface area (Å²) >= 11 is 1.91. The molecule has 4 heteroatoms. The number of aryl methyl sites for hydroxylation is 1. The van der Waals surface area contributed by atoms with Crippen molar-refractivity contribution in [2.24, 2.45) is 5.41 Å². The van der Waals surface area contributed by atoms with Crippen LogP contribution in [0.1, 0.15) is 68.0 Å². The number of thiazole rings is 1. The molecule has 3 heterocycles. The van der Waals surface area contributed by atoms with Crippen LogP contribution in [0.15, 0.2) is 36.5 Å². The molecule has 0 atom stereocenters. The van der Waals surface area contributed by atoms with Gasteiger partial charge in [0, 0.05) is 44.3 Å². The number of benzene rings is 1. The van der Waals surface area contributed by atoms with E-state index >= 15 is 0 Å². The molecule has 0 radical (unpaired) electrons. The molecule has 1 aromatic heterocycles. The van der Waals surface area contributed by atoms with Gasteiger partial charge in [0.25, 0.3) is 0 Å². The molecule has 1 aromatic carbocycles. The number of hydrogen-bond donors (Lipinski definition) is 1. The summed E-state index contributed by atoms with van der Waals surface area (Å²) in [6.45, 7) is 15.6. The molecule has 30 heavy (non-hydrogen) atoms. The molecule has 2 saturated heterocycles. The number of nitrogens with one attached hydrogen (secondary N) is 1. The van der Waals surface area contributed by atoms with Crippen molar-refractivity contribution in [3.63, 3.8) is 0 Å². The normalized spacial score (nSPS) is 21.5. The van der Waals surface area contributed by atoms with Gasteiger partial charge in [-0.1, -0.05) is 17.7 Å². The lowest BCUT2D eigenvalue weighted by molar-refractivity contribution is 0.0360. The zero-order valence-electron chi connectivity index (χ0n) is 18.7. The first-order chi connectivity index (χ1) is 14.4. The van der Waals surface area contributed by atoms with Crippen LogP contribution in [0.5, 0.6) is 0 Å². The molecule has 1 saturated carbocycles. The predicted molar refractivity (Wildman–Crippen MR) is 127 cm³/mol. The molecule has 0 amide bonds. The molecule has 3 aliphatic rings. The van der Waals surface area contributed by atoms with Gasteiger partial charge >= 0.3 is 0 Å². The Morgan fingerprint density at radius 3 is 2.67 bits per heavy atom. The van der Waals surface area contributed by atoms with E-state index in [1.807, 2.05) is 11.3 Å². The summed E-state index contributed by atoms with van der Waals surface area (Å²) < 4.78 is 0. The van der Waals surface area contributed by atoms with Crippen molar-refractivity contribution in [1.29, 1.82) is 0 Å². The predicted octanol–water partition coefficient (Wildman–Crippen LogP) is 5.59. The Morgan fingerprint density at radius 1 is 1.27 bits per heavy atom. The Kier molecular flexibility index (Phi) is 5.37. The molecular weight excluding hydrogens is 386 g/mol. The van der Waals surface area contributed by atoms with Crippen molar-refractivity contribution in [2.75, 3.05) is 26.2 Å². The van der Waals surface area contributed by atoms with Gasteiger partial charge in [0.2, 0.25) is 0 Å². The van der Waals surface area contributed by atoms with Crippen LogP contribution in [-0.2, 0) is 6.42 Å². The van der Waals surface area contributed by atoms with Crippen LogP contribution in [0, 0.1) is 5.41 Å². The van der Waals surface area contributed by atoms with Gasteiger partial charge in [0.05, 0.1) is 9.88 Å². The molecule has 1 spiro atoms. The van der Waals surface area contributed by atoms with Crippen molar-refractivity contribution >= 4 is 11.3 Å². The minimum Gasteiger partial charge on any atom is -0.316 e. The average molecular weight is 422 g/mol. The van der Waals surface area contributed by atoms with Gasteiger partial charge < -0.3 is 5.32 Å². The summed E-state index contributed by atoms with van der Waals surface area (Å²) in [5.41, 5.74) is 6.37. The number of allylic oxidation sites excluding steroid dienone is 1. The van der Waals surface area contributed by atoms with E-state index in [0.717, 1.165) is 31.8 Å². The lowest BCUT2D eigenvalue weighted by Gasteiger charge is -2.55. The van der Waals surface area contributed by atoms with Gasteiger partial charge in [-0.25, -0.2) is 4.98 Å². The summed E-state index contributed by atoms with van der Waals surface area (Å²) in [5, 5.41) is 4.80. The van der Waals surface area contributed by atoms with Gasteiger partial charge in [-0.3, -0.25) is 4.90 Å². The van der Waals surface area contributed by atoms with Crippen LogP contribution in [0.25, 0.3) is 10.4 Å². The molecule has 2 aliphatic heterocycles. The third kappa shape index (κ3) is 3.79. The lowest BCUT2D eigenvalue weighted by atomic mass is 9.56. The first-order valence-electron chi connectivity index (χ1n) is 11.6. The third-order valence-electron chi connectivity index (χ3n) is 7.56. The Hall–Kier alpha value is -1.49. The monoisotopic (exact) mass is 421 g/mol. The van der Waals surface area contributed by atoms with Crippen molar-refractivity contribution in [1.82, 2.24) is 15.2 Å². The first-order valence-corrected chi connectivity index (χ1v) is 12.4. The summed E-state index contributed by atoms with van der Waals surface area (Å²) in [5.74, 6) is 1.35. The highest BCUT2D eigenvalue weighted by atomic mass is 32.1. The molecular formula is C26H35N3S. The number of aromatic nitrogens is 1. The van der Waals surface area contributed by atoms with E-state index in [2.05, 4.69) is 62.0 Å². The van der Waals surface area contributed by atoms with E-state index in [9.17, 15) is 0 Å². The van der Waals surface area contributed by atoms with Crippen LogP contribution in [-0.4, -0.2) is 42.1 Å². The van der Waals surface area contributed by atoms with Gasteiger partial charge in [-0.15, -0.1) is 17.9 Å². The van der Waals surface area contributed by atoms with Crippen LogP contribution in [0.4, 0.5) is 0 Å². The van der Waals surface area contributed by atoms with Crippen molar-refractivity contribution in [3.8, 4) is 10.4 Å². The maximum Gasteiger partial charge on any atom is 0.0987 e. The topological polar surface area (TPSA) is 28.2 Å². The molecule has 2 aromatic rings. The summed E-state index contributed by atoms with van der Waals surface area (Å²) in [6.07, 6.45) is 7.02. The Labute approximate surface area is 185 Å². The second kappa shape index (κ2) is 7.89. The van der Waals surface area contributed by atoms with E-state index in [4.69, 9.17) is 4.98 Å². The van der Waals surface area contributed by atoms with Gasteiger partial charge in [0.1, 0.15) is 0 Å². The largest absolute Gasteiger partial charge is 0.316 e. The molecule has 0 unspecified atom stereocenters. The number of nitrogens with zero attached hydrogens (tertiary/aromatic N) is 2. The average Bonchev–Trinajstić information content (AvgIpc) is 3.06. The van der Waals surface area contributed by atoms with E-state index in [-0.39, 0.29) is 0 Å². The molecule has 3 nitrogen and oxygen atoms in total. The summed E-state index contributed by atoms with van der Waals surface area (Å²) in [6, 6.07) is 7.86. The zero-order chi connectivity index (χ0) is 20.9. The smallest absolute Gasteiger partial charge is 0.0987 e. The van der Waals surface area contributed by atoms with Crippen molar-refractivity contribution < 1.29 is 0 Å². The number of likely N-dealkylation sites (tertiary alicyclic amines) is 1. The molecule has 5 rings (SSSR count). The summed E-state index contributed by atoms with van der Waals surface area (Å²) in [4.78, 5) is 8.68. The van der Waals surface area contributed by atoms with E-state index < -0.39 is 0 Å². The number of rotatable bonds is 7. The fourth-order valence-corrected chi connectivity index (χ4v) is 6.37. The second-order valence-electron chi connectivity index (χ2n) is 10.4. The minimum atomic E-state index is 0.608. The fourth-order valence-electron chi connectivity index (χ4n) is 5.38. The minimum absolute atomic E-state index is 0.608. The maximum absolute atomic E-state index is 4.82. The maximum atomic E-state index is 4.82. The van der Waals surface area contributed by atoms with Crippen LogP contribution >= 0.6 is 11.3 Å². The SMILES string of the molecule is C=C(C)CCc1ccc(-c2cnc(C3CN(C(C)C)C3)s2)cc1C1CC2(CNC2)C1. The van der Waals surface area contributed by atoms with Crippen molar-refractivity contribution in [2.45, 2.75) is 64.3 Å². The van der Waals surface area contributed by atoms with E-state index in [1.165, 1.54) is 52.5 Å². The molecule has 160 valence electrons. The fraction of sp³-hybridized carbons (Fsp3) is 0.577. The van der Waals surface area contributed by atoms with Crippen molar-refractivity contribution in [3.05, 3.63) is 52.7 Å². The standard InChI is InChI=1S/C26H35N3S/c1-17(2)5-6-19-7-8-20(9-23(19)21-10-26(11-21)15-27-16-26)24-12-28-25(30-24)22-13-29(14-22)18(3)4/h7-9,12,18,21-22,27H,1,5-6,10-11,13-16H2,2-4H3. The number of hydrogen-bond acceptors (Lipinski definition) is 4. The van der Waals surface area contributed by atoms with Gasteiger partial charge in [0.15, 0.2) is 0 Å². The zero-order valence-corrected chi connectivity index (χ0v) is 19.5. The highest BCUT2D eigenvalue weighted by Crippen LogP contribution is 2.54. The molecule has 1 aliphatic carbocycles. The van der Waals surface area contributed by atoms with E-state index in [1.54, 1.807) is 5.56 Å². The van der Waals surface area contributed by atoms with Gasteiger partial charge in [-0.05, 0) is 80.5 Å². The van der Waals surface area contributed by atoms with Crippen LogP contribution in [0.2, 0.25) is 0 Å². The van der Waals surface area contributed by atoms with Gasteiger partial charge in [-0.2, -0.15) is 0 Å². The quantitative estimate of drug-likeness (QED) is 0.590. The molecule has 0 bridgehead atoms. The first kappa shape index (κ1) is 20.4. The van der Waals surface area contributed by atoms with E-state index in [0.29, 0.717) is 17.4 Å². The lowest BCUT2D eigenvalue weighted by Crippen LogP contribution is -2.59. The highest BCUT2D eigenvalue weighted by Gasteiger charge is 2.49. The second-order valence-corrected chi connectivity index (χ2v) is 11.4. The third-order valence-corrected chi connectivity index (χ3v) is 8.77. The Balaban J connectivity index is 1.35. The van der Waals surface area contributed by atoms with Crippen LogP contribution in [0.3, 0.4) is 0 Å². The molecule has 1 N–H and O–H groups in total. The molecule has 3 fully saturated rings.